The highest BCUT2D eigenvalue weighted by Gasteiger charge is 2.04. The highest BCUT2D eigenvalue weighted by atomic mass is 35.5. The van der Waals surface area contributed by atoms with E-state index in [4.69, 9.17) is 34.8 Å². The van der Waals surface area contributed by atoms with Crippen LogP contribution in [0.1, 0.15) is 10.9 Å². The molecule has 1 unspecified atom stereocenters. The molecule has 0 aromatic heterocycles. The van der Waals surface area contributed by atoms with Gasteiger partial charge in [0.2, 0.25) is 0 Å². The molecule has 0 radical (unpaired) electrons. The zero-order valence-corrected chi connectivity index (χ0v) is 8.00. The highest BCUT2D eigenvalue weighted by Crippen LogP contribution is 2.22. The van der Waals surface area contributed by atoms with E-state index in [1.807, 2.05) is 12.1 Å². The molecule has 0 amide bonds. The van der Waals surface area contributed by atoms with Crippen molar-refractivity contribution in [2.45, 2.75) is 5.38 Å². The van der Waals surface area contributed by atoms with Crippen molar-refractivity contribution >= 4 is 34.8 Å². The number of rotatable bonds is 2. The first-order valence-electron chi connectivity index (χ1n) is 3.19. The van der Waals surface area contributed by atoms with E-state index in [1.54, 1.807) is 12.1 Å². The predicted molar refractivity (Wildman–Crippen MR) is 50.8 cm³/mol. The van der Waals surface area contributed by atoms with Gasteiger partial charge in [-0.1, -0.05) is 23.7 Å². The van der Waals surface area contributed by atoms with Crippen molar-refractivity contribution in [3.63, 3.8) is 0 Å². The second-order valence-corrected chi connectivity index (χ2v) is 3.45. The van der Waals surface area contributed by atoms with E-state index in [0.29, 0.717) is 10.9 Å². The molecule has 0 nitrogen and oxygen atoms in total. The molecule has 1 aromatic carbocycles. The lowest BCUT2D eigenvalue weighted by atomic mass is 10.2. The zero-order chi connectivity index (χ0) is 8.27. The summed E-state index contributed by atoms with van der Waals surface area (Å²) in [6.45, 7) is 0. The highest BCUT2D eigenvalue weighted by molar-refractivity contribution is 6.30. The quantitative estimate of drug-likeness (QED) is 0.649. The van der Waals surface area contributed by atoms with Crippen molar-refractivity contribution in [2.24, 2.45) is 0 Å². The van der Waals surface area contributed by atoms with Crippen LogP contribution in [0.3, 0.4) is 0 Å². The van der Waals surface area contributed by atoms with Crippen LogP contribution in [-0.4, -0.2) is 5.88 Å². The van der Waals surface area contributed by atoms with Crippen LogP contribution in [0.4, 0.5) is 0 Å². The fourth-order valence-electron chi connectivity index (χ4n) is 0.761. The Morgan fingerprint density at radius 1 is 1.18 bits per heavy atom. The largest absolute Gasteiger partial charge is 0.125 e. The third kappa shape index (κ3) is 2.55. The molecule has 1 aromatic rings. The van der Waals surface area contributed by atoms with Crippen LogP contribution in [0.15, 0.2) is 24.3 Å². The van der Waals surface area contributed by atoms with Crippen molar-refractivity contribution in [1.29, 1.82) is 0 Å². The van der Waals surface area contributed by atoms with Crippen molar-refractivity contribution in [2.75, 3.05) is 5.88 Å². The van der Waals surface area contributed by atoms with Gasteiger partial charge in [-0.25, -0.2) is 0 Å². The summed E-state index contributed by atoms with van der Waals surface area (Å²) in [5, 5.41) is 0.598. The molecule has 11 heavy (non-hydrogen) atoms. The van der Waals surface area contributed by atoms with Crippen LogP contribution in [0.2, 0.25) is 5.02 Å². The second kappa shape index (κ2) is 4.20. The molecule has 0 heterocycles. The molecular formula is C8H7Cl3. The summed E-state index contributed by atoms with van der Waals surface area (Å²) in [7, 11) is 0. The van der Waals surface area contributed by atoms with Gasteiger partial charge in [0.15, 0.2) is 0 Å². The summed E-state index contributed by atoms with van der Waals surface area (Å²) in [5.74, 6) is 0.420. The molecule has 3 heteroatoms. The maximum atomic E-state index is 5.87. The average molecular weight is 210 g/mol. The zero-order valence-electron chi connectivity index (χ0n) is 5.73. The molecule has 60 valence electrons. The van der Waals surface area contributed by atoms with Crippen molar-refractivity contribution in [3.05, 3.63) is 34.9 Å². The maximum Gasteiger partial charge on any atom is 0.0720 e. The Hall–Kier alpha value is 0.0900. The van der Waals surface area contributed by atoms with E-state index >= 15 is 0 Å². The van der Waals surface area contributed by atoms with Crippen LogP contribution >= 0.6 is 34.8 Å². The van der Waals surface area contributed by atoms with Gasteiger partial charge in [0.25, 0.3) is 0 Å². The van der Waals surface area contributed by atoms with E-state index < -0.39 is 0 Å². The molecule has 0 aliphatic heterocycles. The first-order chi connectivity index (χ1) is 5.24. The summed E-state index contributed by atoms with van der Waals surface area (Å²) >= 11 is 17.1. The smallest absolute Gasteiger partial charge is 0.0720 e. The number of alkyl halides is 2. The standard InChI is InChI=1S/C8H7Cl3/c9-5-8(11)6-1-3-7(10)4-2-6/h1-4,8H,5H2. The van der Waals surface area contributed by atoms with Gasteiger partial charge in [0.1, 0.15) is 0 Å². The first-order valence-corrected chi connectivity index (χ1v) is 4.54. The van der Waals surface area contributed by atoms with E-state index in [2.05, 4.69) is 0 Å². The maximum absolute atomic E-state index is 5.87. The SMILES string of the molecule is ClCC(Cl)c1ccc(Cl)cc1. The van der Waals surface area contributed by atoms with Gasteiger partial charge < -0.3 is 0 Å². The Kier molecular flexibility index (Phi) is 3.50. The van der Waals surface area contributed by atoms with Crippen molar-refractivity contribution in [3.8, 4) is 0 Å². The van der Waals surface area contributed by atoms with Crippen LogP contribution in [0.5, 0.6) is 0 Å². The fourth-order valence-corrected chi connectivity index (χ4v) is 1.21. The number of hydrogen-bond donors (Lipinski definition) is 0. The van der Waals surface area contributed by atoms with Gasteiger partial charge in [-0.15, -0.1) is 23.2 Å². The predicted octanol–water partition coefficient (Wildman–Crippen LogP) is 3.86. The Morgan fingerprint density at radius 3 is 2.18 bits per heavy atom. The third-order valence-corrected chi connectivity index (χ3v) is 2.49. The molecule has 0 aliphatic rings. The fraction of sp³-hybridized carbons (Fsp3) is 0.250. The first kappa shape index (κ1) is 9.18. The molecule has 0 bridgehead atoms. The van der Waals surface area contributed by atoms with Gasteiger partial charge in [-0.05, 0) is 17.7 Å². The van der Waals surface area contributed by atoms with Gasteiger partial charge in [0.05, 0.1) is 5.38 Å². The average Bonchev–Trinajstić information content (AvgIpc) is 2.05. The monoisotopic (exact) mass is 208 g/mol. The van der Waals surface area contributed by atoms with Crippen LogP contribution < -0.4 is 0 Å². The molecular weight excluding hydrogens is 202 g/mol. The van der Waals surface area contributed by atoms with Gasteiger partial charge in [-0.2, -0.15) is 0 Å². The van der Waals surface area contributed by atoms with Gasteiger partial charge in [0, 0.05) is 10.9 Å². The van der Waals surface area contributed by atoms with E-state index in [-0.39, 0.29) is 5.38 Å². The minimum Gasteiger partial charge on any atom is -0.125 e. The lowest BCUT2D eigenvalue weighted by Crippen LogP contribution is -1.89. The molecule has 0 spiro atoms. The summed E-state index contributed by atoms with van der Waals surface area (Å²) < 4.78 is 0. The minimum atomic E-state index is -0.117. The molecule has 1 atom stereocenters. The summed E-state index contributed by atoms with van der Waals surface area (Å²) in [6.07, 6.45) is 0. The Bertz CT molecular complexity index is 217. The van der Waals surface area contributed by atoms with E-state index in [9.17, 15) is 0 Å². The normalized spacial score (nSPS) is 13.0. The Balaban J connectivity index is 2.81. The van der Waals surface area contributed by atoms with Crippen molar-refractivity contribution < 1.29 is 0 Å². The van der Waals surface area contributed by atoms with Crippen LogP contribution in [-0.2, 0) is 0 Å². The lowest BCUT2D eigenvalue weighted by Gasteiger charge is -2.04. The van der Waals surface area contributed by atoms with Crippen LogP contribution in [0, 0.1) is 0 Å². The topological polar surface area (TPSA) is 0 Å². The van der Waals surface area contributed by atoms with E-state index in [0.717, 1.165) is 5.56 Å². The molecule has 0 saturated heterocycles. The van der Waals surface area contributed by atoms with E-state index in [1.165, 1.54) is 0 Å². The Morgan fingerprint density at radius 2 is 1.73 bits per heavy atom. The third-order valence-electron chi connectivity index (χ3n) is 1.37. The second-order valence-electron chi connectivity index (χ2n) is 2.17. The van der Waals surface area contributed by atoms with Crippen LogP contribution in [0.25, 0.3) is 0 Å². The number of hydrogen-bond acceptors (Lipinski definition) is 0. The number of benzene rings is 1. The molecule has 0 saturated carbocycles. The van der Waals surface area contributed by atoms with Gasteiger partial charge in [-0.3, -0.25) is 0 Å². The number of halogens is 3. The lowest BCUT2D eigenvalue weighted by molar-refractivity contribution is 1.09. The van der Waals surface area contributed by atoms with Gasteiger partial charge >= 0.3 is 0 Å². The molecule has 0 N–H and O–H groups in total. The summed E-state index contributed by atoms with van der Waals surface area (Å²) in [6, 6.07) is 7.36. The molecule has 0 aliphatic carbocycles. The summed E-state index contributed by atoms with van der Waals surface area (Å²) in [5.41, 5.74) is 1.01. The molecule has 0 fully saturated rings. The minimum absolute atomic E-state index is 0.117. The van der Waals surface area contributed by atoms with Crippen molar-refractivity contribution in [1.82, 2.24) is 0 Å². The molecule has 1 rings (SSSR count). The summed E-state index contributed by atoms with van der Waals surface area (Å²) in [4.78, 5) is 0. The Labute approximate surface area is 81.1 Å².